The Morgan fingerprint density at radius 1 is 1.44 bits per heavy atom. The molecule has 0 fully saturated rings. The second kappa shape index (κ2) is 4.70. The van der Waals surface area contributed by atoms with E-state index in [-0.39, 0.29) is 5.78 Å². The molecule has 0 saturated carbocycles. The van der Waals surface area contributed by atoms with Gasteiger partial charge in [0, 0.05) is 15.7 Å². The largest absolute Gasteiger partial charge is 0.490 e. The van der Waals surface area contributed by atoms with Crippen LogP contribution in [0.2, 0.25) is 0 Å². The van der Waals surface area contributed by atoms with Crippen molar-refractivity contribution < 1.29 is 9.53 Å². The third-order valence-corrected chi connectivity index (χ3v) is 2.91. The van der Waals surface area contributed by atoms with Crippen molar-refractivity contribution in [1.82, 2.24) is 0 Å². The van der Waals surface area contributed by atoms with Crippen LogP contribution in [0.5, 0.6) is 0 Å². The topological polar surface area (TPSA) is 52.3 Å². The van der Waals surface area contributed by atoms with E-state index < -0.39 is 0 Å². The summed E-state index contributed by atoms with van der Waals surface area (Å²) in [5, 5.41) is 0. The number of ether oxygens (including phenoxy) is 1. The number of nitrogens with two attached hydrogens (primary N) is 1. The zero-order valence-electron chi connectivity index (χ0n) is 8.70. The SMILES string of the molecule is Nc1ccc(Br)cc1C(=O)C1=CCCCO1. The summed E-state index contributed by atoms with van der Waals surface area (Å²) >= 11 is 3.32. The molecule has 1 aliphatic heterocycles. The van der Waals surface area contributed by atoms with Crippen molar-refractivity contribution in [2.24, 2.45) is 0 Å². The first-order valence-corrected chi connectivity index (χ1v) is 5.90. The van der Waals surface area contributed by atoms with Gasteiger partial charge in [-0.05, 0) is 37.1 Å². The molecule has 0 atom stereocenters. The molecular formula is C12H12BrNO2. The predicted molar refractivity (Wildman–Crippen MR) is 66.2 cm³/mol. The molecule has 0 unspecified atom stereocenters. The highest BCUT2D eigenvalue weighted by Gasteiger charge is 2.18. The molecule has 0 aromatic heterocycles. The van der Waals surface area contributed by atoms with Crippen LogP contribution in [0.3, 0.4) is 0 Å². The van der Waals surface area contributed by atoms with E-state index in [0.717, 1.165) is 17.3 Å². The number of rotatable bonds is 2. The zero-order valence-corrected chi connectivity index (χ0v) is 10.3. The second-order valence-electron chi connectivity index (χ2n) is 3.62. The van der Waals surface area contributed by atoms with Crippen LogP contribution >= 0.6 is 15.9 Å². The first-order chi connectivity index (χ1) is 7.68. The van der Waals surface area contributed by atoms with E-state index in [9.17, 15) is 4.79 Å². The number of halogens is 1. The second-order valence-corrected chi connectivity index (χ2v) is 4.54. The fourth-order valence-corrected chi connectivity index (χ4v) is 1.93. The summed E-state index contributed by atoms with van der Waals surface area (Å²) in [7, 11) is 0. The number of Topliss-reactive ketones (excluding diaryl/α,β-unsaturated/α-hetero) is 1. The quantitative estimate of drug-likeness (QED) is 0.670. The van der Waals surface area contributed by atoms with Crippen molar-refractivity contribution in [3.63, 3.8) is 0 Å². The Kier molecular flexibility index (Phi) is 3.29. The molecule has 84 valence electrons. The number of hydrogen-bond acceptors (Lipinski definition) is 3. The molecule has 2 N–H and O–H groups in total. The van der Waals surface area contributed by atoms with Crippen molar-refractivity contribution in [2.75, 3.05) is 12.3 Å². The molecule has 0 saturated heterocycles. The maximum absolute atomic E-state index is 12.1. The number of benzene rings is 1. The third kappa shape index (κ3) is 2.27. The van der Waals surface area contributed by atoms with Crippen molar-refractivity contribution in [3.8, 4) is 0 Å². The minimum atomic E-state index is -0.140. The fourth-order valence-electron chi connectivity index (χ4n) is 1.57. The van der Waals surface area contributed by atoms with E-state index in [0.29, 0.717) is 23.6 Å². The van der Waals surface area contributed by atoms with Gasteiger partial charge in [0.15, 0.2) is 5.76 Å². The minimum absolute atomic E-state index is 0.140. The number of allylic oxidation sites excluding steroid dienone is 2. The Labute approximate surface area is 102 Å². The van der Waals surface area contributed by atoms with Gasteiger partial charge in [0.05, 0.1) is 6.61 Å². The van der Waals surface area contributed by atoms with Crippen LogP contribution in [0, 0.1) is 0 Å². The Balaban J connectivity index is 2.33. The van der Waals surface area contributed by atoms with Gasteiger partial charge in [0.1, 0.15) is 0 Å². The fraction of sp³-hybridized carbons (Fsp3) is 0.250. The molecule has 0 aliphatic carbocycles. The molecule has 0 amide bonds. The van der Waals surface area contributed by atoms with Crippen LogP contribution in [0.4, 0.5) is 5.69 Å². The maximum atomic E-state index is 12.1. The third-order valence-electron chi connectivity index (χ3n) is 2.42. The normalized spacial score (nSPS) is 15.2. The van der Waals surface area contributed by atoms with E-state index in [1.165, 1.54) is 0 Å². The summed E-state index contributed by atoms with van der Waals surface area (Å²) < 4.78 is 6.16. The van der Waals surface area contributed by atoms with E-state index >= 15 is 0 Å². The van der Waals surface area contributed by atoms with Gasteiger partial charge in [-0.3, -0.25) is 4.79 Å². The molecule has 0 radical (unpaired) electrons. The highest BCUT2D eigenvalue weighted by Crippen LogP contribution is 2.23. The van der Waals surface area contributed by atoms with Crippen LogP contribution in [-0.2, 0) is 4.74 Å². The first kappa shape index (κ1) is 11.2. The first-order valence-electron chi connectivity index (χ1n) is 5.11. The number of ketones is 1. The standard InChI is InChI=1S/C12H12BrNO2/c13-8-4-5-10(14)9(7-8)12(15)11-3-1-2-6-16-11/h3-5,7H,1-2,6,14H2. The van der Waals surface area contributed by atoms with E-state index in [1.807, 2.05) is 12.1 Å². The number of carbonyl (C=O) groups is 1. The maximum Gasteiger partial charge on any atom is 0.229 e. The monoisotopic (exact) mass is 281 g/mol. The number of carbonyl (C=O) groups excluding carboxylic acids is 1. The lowest BCUT2D eigenvalue weighted by atomic mass is 10.1. The van der Waals surface area contributed by atoms with Gasteiger partial charge >= 0.3 is 0 Å². The lowest BCUT2D eigenvalue weighted by Crippen LogP contribution is -2.13. The Bertz CT molecular complexity index is 454. The van der Waals surface area contributed by atoms with Crippen LogP contribution in [0.15, 0.2) is 34.5 Å². The summed E-state index contributed by atoms with van der Waals surface area (Å²) in [6.45, 7) is 0.603. The van der Waals surface area contributed by atoms with E-state index in [4.69, 9.17) is 10.5 Å². The molecule has 1 aromatic rings. The summed E-state index contributed by atoms with van der Waals surface area (Å²) in [6, 6.07) is 5.24. The average Bonchev–Trinajstić information content (AvgIpc) is 2.32. The molecule has 0 spiro atoms. The van der Waals surface area contributed by atoms with Gasteiger partial charge in [-0.15, -0.1) is 0 Å². The van der Waals surface area contributed by atoms with E-state index in [1.54, 1.807) is 12.1 Å². The molecule has 1 heterocycles. The zero-order chi connectivity index (χ0) is 11.5. The van der Waals surface area contributed by atoms with Crippen LogP contribution in [0.25, 0.3) is 0 Å². The lowest BCUT2D eigenvalue weighted by Gasteiger charge is -2.14. The van der Waals surface area contributed by atoms with Crippen molar-refractivity contribution in [2.45, 2.75) is 12.8 Å². The van der Waals surface area contributed by atoms with Gasteiger partial charge in [-0.2, -0.15) is 0 Å². The predicted octanol–water partition coefficient (Wildman–Crippen LogP) is 2.91. The Morgan fingerprint density at radius 2 is 2.25 bits per heavy atom. The molecule has 4 heteroatoms. The molecule has 0 bridgehead atoms. The lowest BCUT2D eigenvalue weighted by molar-refractivity contribution is 0.0900. The molecular weight excluding hydrogens is 270 g/mol. The summed E-state index contributed by atoms with van der Waals surface area (Å²) in [5.41, 5.74) is 6.74. The summed E-state index contributed by atoms with van der Waals surface area (Å²) in [4.78, 5) is 12.1. The number of nitrogen functional groups attached to an aromatic ring is 1. The van der Waals surface area contributed by atoms with Gasteiger partial charge in [-0.1, -0.05) is 15.9 Å². The van der Waals surface area contributed by atoms with Crippen molar-refractivity contribution in [3.05, 3.63) is 40.1 Å². The smallest absolute Gasteiger partial charge is 0.229 e. The Hall–Kier alpha value is -1.29. The van der Waals surface area contributed by atoms with Crippen LogP contribution in [-0.4, -0.2) is 12.4 Å². The Morgan fingerprint density at radius 3 is 2.94 bits per heavy atom. The molecule has 3 nitrogen and oxygen atoms in total. The van der Waals surface area contributed by atoms with Crippen LogP contribution < -0.4 is 5.73 Å². The minimum Gasteiger partial charge on any atom is -0.490 e. The molecule has 2 rings (SSSR count). The van der Waals surface area contributed by atoms with Crippen molar-refractivity contribution in [1.29, 1.82) is 0 Å². The summed E-state index contributed by atoms with van der Waals surface area (Å²) in [6.07, 6.45) is 3.67. The molecule has 1 aromatic carbocycles. The van der Waals surface area contributed by atoms with Gasteiger partial charge < -0.3 is 10.5 Å². The van der Waals surface area contributed by atoms with Gasteiger partial charge in [0.2, 0.25) is 5.78 Å². The highest BCUT2D eigenvalue weighted by molar-refractivity contribution is 9.10. The van der Waals surface area contributed by atoms with E-state index in [2.05, 4.69) is 15.9 Å². The van der Waals surface area contributed by atoms with Gasteiger partial charge in [-0.25, -0.2) is 0 Å². The van der Waals surface area contributed by atoms with Crippen LogP contribution in [0.1, 0.15) is 23.2 Å². The molecule has 16 heavy (non-hydrogen) atoms. The number of anilines is 1. The molecule has 1 aliphatic rings. The summed E-state index contributed by atoms with van der Waals surface area (Å²) in [5.74, 6) is 0.273. The average molecular weight is 282 g/mol. The highest BCUT2D eigenvalue weighted by atomic mass is 79.9. The van der Waals surface area contributed by atoms with Crippen molar-refractivity contribution >= 4 is 27.4 Å². The van der Waals surface area contributed by atoms with Gasteiger partial charge in [0.25, 0.3) is 0 Å². The number of hydrogen-bond donors (Lipinski definition) is 1.